The number of rotatable bonds is 5. The van der Waals surface area contributed by atoms with Crippen LogP contribution in [0.5, 0.6) is 0 Å². The number of carbonyl (C=O) groups is 2. The zero-order chi connectivity index (χ0) is 12.0. The normalized spacial score (nSPS) is 20.1. The van der Waals surface area contributed by atoms with Gasteiger partial charge in [0.05, 0.1) is 25.9 Å². The van der Waals surface area contributed by atoms with Gasteiger partial charge in [-0.25, -0.2) is 4.79 Å². The highest BCUT2D eigenvalue weighted by atomic mass is 16.7. The number of alkyl carbamates (subject to hydrolysis) is 1. The fourth-order valence-electron chi connectivity index (χ4n) is 1.53. The number of ether oxygens (including phenoxy) is 3. The summed E-state index contributed by atoms with van der Waals surface area (Å²) in [6.45, 7) is 4.70. The molecule has 0 spiro atoms. The maximum atomic E-state index is 11.1. The predicted molar refractivity (Wildman–Crippen MR) is 54.9 cm³/mol. The van der Waals surface area contributed by atoms with E-state index in [4.69, 9.17) is 9.47 Å². The number of amides is 1. The highest BCUT2D eigenvalue weighted by Gasteiger charge is 2.34. The van der Waals surface area contributed by atoms with E-state index in [1.807, 2.05) is 0 Å². The molecule has 0 aliphatic carbocycles. The molecular formula is C10H17NO5. The van der Waals surface area contributed by atoms with Gasteiger partial charge in [-0.05, 0) is 13.8 Å². The van der Waals surface area contributed by atoms with E-state index in [0.717, 1.165) is 0 Å². The van der Waals surface area contributed by atoms with Crippen LogP contribution in [0.2, 0.25) is 0 Å². The van der Waals surface area contributed by atoms with Crippen molar-refractivity contribution < 1.29 is 23.8 Å². The summed E-state index contributed by atoms with van der Waals surface area (Å²) in [5, 5.41) is 2.43. The van der Waals surface area contributed by atoms with Crippen molar-refractivity contribution in [2.45, 2.75) is 32.1 Å². The van der Waals surface area contributed by atoms with Crippen molar-refractivity contribution in [3.05, 3.63) is 0 Å². The van der Waals surface area contributed by atoms with E-state index in [0.29, 0.717) is 19.5 Å². The molecule has 0 bridgehead atoms. The third-order valence-electron chi connectivity index (χ3n) is 2.23. The molecule has 0 aromatic rings. The van der Waals surface area contributed by atoms with Gasteiger partial charge in [0.15, 0.2) is 5.79 Å². The van der Waals surface area contributed by atoms with Gasteiger partial charge < -0.3 is 24.3 Å². The van der Waals surface area contributed by atoms with Crippen LogP contribution in [0.15, 0.2) is 0 Å². The smallest absolute Gasteiger partial charge is 0.407 e. The second kappa shape index (κ2) is 5.81. The second-order valence-corrected chi connectivity index (χ2v) is 3.64. The van der Waals surface area contributed by atoms with Crippen molar-refractivity contribution in [2.24, 2.45) is 0 Å². The lowest BCUT2D eigenvalue weighted by Crippen LogP contribution is -2.42. The van der Waals surface area contributed by atoms with Crippen LogP contribution in [0.1, 0.15) is 20.3 Å². The van der Waals surface area contributed by atoms with Crippen molar-refractivity contribution in [3.8, 4) is 0 Å². The van der Waals surface area contributed by atoms with Crippen LogP contribution in [-0.2, 0) is 19.0 Å². The van der Waals surface area contributed by atoms with Crippen molar-refractivity contribution in [1.82, 2.24) is 5.32 Å². The van der Waals surface area contributed by atoms with Gasteiger partial charge in [0.25, 0.3) is 0 Å². The van der Waals surface area contributed by atoms with E-state index < -0.39 is 17.9 Å². The Balaban J connectivity index is 2.42. The Labute approximate surface area is 94.2 Å². The molecule has 1 aliphatic rings. The first kappa shape index (κ1) is 12.9. The quantitative estimate of drug-likeness (QED) is 0.695. The van der Waals surface area contributed by atoms with Crippen LogP contribution >= 0.6 is 0 Å². The van der Waals surface area contributed by atoms with Crippen LogP contribution < -0.4 is 5.32 Å². The molecule has 1 atom stereocenters. The van der Waals surface area contributed by atoms with Gasteiger partial charge >= 0.3 is 6.09 Å². The Bertz CT molecular complexity index is 250. The molecule has 1 saturated heterocycles. The number of nitrogens with one attached hydrogen (secondary N) is 1. The van der Waals surface area contributed by atoms with E-state index in [1.54, 1.807) is 13.8 Å². The summed E-state index contributed by atoms with van der Waals surface area (Å²) in [6.07, 6.45) is 0.309. The van der Waals surface area contributed by atoms with Gasteiger partial charge in [-0.1, -0.05) is 0 Å². The molecule has 0 saturated carbocycles. The van der Waals surface area contributed by atoms with Crippen LogP contribution in [0.3, 0.4) is 0 Å². The Morgan fingerprint density at radius 2 is 2.19 bits per heavy atom. The van der Waals surface area contributed by atoms with Gasteiger partial charge in [0.1, 0.15) is 6.29 Å². The lowest BCUT2D eigenvalue weighted by Gasteiger charge is -2.25. The van der Waals surface area contributed by atoms with E-state index >= 15 is 0 Å². The molecule has 6 heteroatoms. The van der Waals surface area contributed by atoms with Crippen molar-refractivity contribution in [3.63, 3.8) is 0 Å². The first-order valence-electron chi connectivity index (χ1n) is 5.26. The SMILES string of the molecule is CCOC(=O)N[C@H](C=O)CC1(C)OCCO1. The topological polar surface area (TPSA) is 73.9 Å². The van der Waals surface area contributed by atoms with Crippen LogP contribution in [0.25, 0.3) is 0 Å². The molecule has 0 aromatic carbocycles. The summed E-state index contributed by atoms with van der Waals surface area (Å²) in [7, 11) is 0. The molecule has 0 aromatic heterocycles. The summed E-state index contributed by atoms with van der Waals surface area (Å²) in [5.41, 5.74) is 0. The van der Waals surface area contributed by atoms with E-state index in [2.05, 4.69) is 10.1 Å². The summed E-state index contributed by atoms with van der Waals surface area (Å²) < 4.78 is 15.4. The average molecular weight is 231 g/mol. The molecular weight excluding hydrogens is 214 g/mol. The first-order valence-corrected chi connectivity index (χ1v) is 5.26. The lowest BCUT2D eigenvalue weighted by molar-refractivity contribution is -0.152. The lowest BCUT2D eigenvalue weighted by atomic mass is 10.1. The molecule has 0 radical (unpaired) electrons. The van der Waals surface area contributed by atoms with E-state index in [1.165, 1.54) is 0 Å². The molecule has 16 heavy (non-hydrogen) atoms. The van der Waals surface area contributed by atoms with Crippen molar-refractivity contribution >= 4 is 12.4 Å². The minimum absolute atomic E-state index is 0.266. The fraction of sp³-hybridized carbons (Fsp3) is 0.800. The highest BCUT2D eigenvalue weighted by Crippen LogP contribution is 2.23. The molecule has 1 amide bonds. The van der Waals surface area contributed by atoms with Crippen LogP contribution in [0, 0.1) is 0 Å². The van der Waals surface area contributed by atoms with Gasteiger partial charge in [-0.3, -0.25) is 0 Å². The third-order valence-corrected chi connectivity index (χ3v) is 2.23. The Hall–Kier alpha value is -1.14. The van der Waals surface area contributed by atoms with Gasteiger partial charge in [-0.2, -0.15) is 0 Å². The molecule has 1 aliphatic heterocycles. The highest BCUT2D eigenvalue weighted by molar-refractivity contribution is 5.73. The summed E-state index contributed by atoms with van der Waals surface area (Å²) in [5.74, 6) is -0.801. The number of hydrogen-bond acceptors (Lipinski definition) is 5. The largest absolute Gasteiger partial charge is 0.450 e. The number of hydrogen-bond donors (Lipinski definition) is 1. The zero-order valence-electron chi connectivity index (χ0n) is 9.52. The molecule has 1 rings (SSSR count). The van der Waals surface area contributed by atoms with Gasteiger partial charge in [0.2, 0.25) is 0 Å². The molecule has 1 N–H and O–H groups in total. The second-order valence-electron chi connectivity index (χ2n) is 3.64. The maximum absolute atomic E-state index is 11.1. The average Bonchev–Trinajstić information content (AvgIpc) is 2.64. The first-order chi connectivity index (χ1) is 7.59. The summed E-state index contributed by atoms with van der Waals surface area (Å²) >= 11 is 0. The van der Waals surface area contributed by atoms with Gasteiger partial charge in [0, 0.05) is 6.42 Å². The predicted octanol–water partition coefficient (Wildman–Crippen LogP) is 0.453. The maximum Gasteiger partial charge on any atom is 0.407 e. The number of aldehydes is 1. The molecule has 0 unspecified atom stereocenters. The molecule has 92 valence electrons. The Morgan fingerprint density at radius 1 is 1.56 bits per heavy atom. The van der Waals surface area contributed by atoms with E-state index in [9.17, 15) is 9.59 Å². The number of carbonyl (C=O) groups excluding carboxylic acids is 2. The summed E-state index contributed by atoms with van der Waals surface area (Å²) in [4.78, 5) is 21.9. The minimum Gasteiger partial charge on any atom is -0.450 e. The summed E-state index contributed by atoms with van der Waals surface area (Å²) in [6, 6.07) is -0.665. The molecule has 1 fully saturated rings. The monoisotopic (exact) mass is 231 g/mol. The fourth-order valence-corrected chi connectivity index (χ4v) is 1.53. The standard InChI is InChI=1S/C10H17NO5/c1-3-14-9(13)11-8(7-12)6-10(2)15-4-5-16-10/h7-8H,3-6H2,1-2H3,(H,11,13)/t8-/m0/s1. The van der Waals surface area contributed by atoms with Crippen LogP contribution in [-0.4, -0.2) is 44.0 Å². The Kier molecular flexibility index (Phi) is 4.70. The minimum atomic E-state index is -0.801. The Morgan fingerprint density at radius 3 is 2.69 bits per heavy atom. The molecule has 6 nitrogen and oxygen atoms in total. The van der Waals surface area contributed by atoms with Crippen LogP contribution in [0.4, 0.5) is 4.79 Å². The van der Waals surface area contributed by atoms with Crippen molar-refractivity contribution in [2.75, 3.05) is 19.8 Å². The zero-order valence-corrected chi connectivity index (χ0v) is 9.52. The van der Waals surface area contributed by atoms with Crippen molar-refractivity contribution in [1.29, 1.82) is 0 Å². The van der Waals surface area contributed by atoms with Gasteiger partial charge in [-0.15, -0.1) is 0 Å². The third kappa shape index (κ3) is 3.79. The molecule has 1 heterocycles. The van der Waals surface area contributed by atoms with E-state index in [-0.39, 0.29) is 13.0 Å².